The molecule has 0 saturated heterocycles. The number of rotatable bonds is 10. The molecular weight excluding hydrogens is 350 g/mol. The number of nitrogens with zero attached hydrogens (tertiary/aromatic N) is 1. The Morgan fingerprint density at radius 3 is 2.38 bits per heavy atom. The molecule has 2 amide bonds. The molecule has 7 heteroatoms. The summed E-state index contributed by atoms with van der Waals surface area (Å²) in [7, 11) is 1.62. The number of nitrogens with one attached hydrogen (secondary N) is 2. The van der Waals surface area contributed by atoms with Crippen molar-refractivity contribution in [3.05, 3.63) is 35.7 Å². The molecule has 1 aromatic heterocycles. The second-order valence-corrected chi connectivity index (χ2v) is 6.73. The largest absolute Gasteiger partial charge is 0.359 e. The zero-order chi connectivity index (χ0) is 18.8. The monoisotopic (exact) mass is 373 g/mol. The Morgan fingerprint density at radius 2 is 1.69 bits per heavy atom. The maximum absolute atomic E-state index is 12.0. The summed E-state index contributed by atoms with van der Waals surface area (Å²) in [5.41, 5.74) is 1.74. The first-order chi connectivity index (χ1) is 12.6. The molecule has 0 aliphatic heterocycles. The van der Waals surface area contributed by atoms with Crippen LogP contribution in [0.2, 0.25) is 0 Å². The van der Waals surface area contributed by atoms with E-state index in [0.29, 0.717) is 18.0 Å². The molecule has 0 saturated carbocycles. The standard InChI is InChI=1S/C19H23N3O3S/c1-20-17(24)12-8-3-2-7-11-16(23)18(25)22-19-21-15(13-26-19)14-9-5-4-6-10-14/h4-6,9-10,13H,2-3,7-8,11-12H2,1H3,(H,20,24)(H,21,22,25). The average Bonchev–Trinajstić information content (AvgIpc) is 3.13. The van der Waals surface area contributed by atoms with Crippen molar-refractivity contribution in [2.75, 3.05) is 12.4 Å². The Balaban J connectivity index is 1.70. The molecule has 2 rings (SSSR count). The number of carbonyl (C=O) groups is 3. The summed E-state index contributed by atoms with van der Waals surface area (Å²) in [6, 6.07) is 9.65. The Kier molecular flexibility index (Phi) is 7.95. The van der Waals surface area contributed by atoms with Gasteiger partial charge in [-0.25, -0.2) is 4.98 Å². The molecule has 0 atom stereocenters. The van der Waals surface area contributed by atoms with Crippen LogP contribution in [0.4, 0.5) is 5.13 Å². The van der Waals surface area contributed by atoms with Crippen LogP contribution < -0.4 is 10.6 Å². The minimum atomic E-state index is -0.621. The van der Waals surface area contributed by atoms with Crippen LogP contribution in [0.15, 0.2) is 35.7 Å². The van der Waals surface area contributed by atoms with E-state index in [1.807, 2.05) is 35.7 Å². The van der Waals surface area contributed by atoms with Gasteiger partial charge in [0.25, 0.3) is 5.91 Å². The molecule has 0 radical (unpaired) electrons. The lowest BCUT2D eigenvalue weighted by Gasteiger charge is -2.02. The van der Waals surface area contributed by atoms with Crippen LogP contribution in [0.25, 0.3) is 11.3 Å². The summed E-state index contributed by atoms with van der Waals surface area (Å²) in [6.45, 7) is 0. The Bertz CT molecular complexity index is 743. The number of ketones is 1. The molecule has 2 aromatic rings. The first kappa shape index (κ1) is 19.8. The summed E-state index contributed by atoms with van der Waals surface area (Å²) in [6.07, 6.45) is 3.84. The molecular formula is C19H23N3O3S. The van der Waals surface area contributed by atoms with E-state index in [1.165, 1.54) is 11.3 Å². The zero-order valence-electron chi connectivity index (χ0n) is 14.8. The molecule has 0 aliphatic rings. The SMILES string of the molecule is CNC(=O)CCCCCCC(=O)C(=O)Nc1nc(-c2ccccc2)cs1. The Hall–Kier alpha value is -2.54. The number of hydrogen-bond donors (Lipinski definition) is 2. The summed E-state index contributed by atoms with van der Waals surface area (Å²) in [5, 5.41) is 7.42. The number of amides is 2. The third-order valence-corrected chi connectivity index (χ3v) is 4.64. The molecule has 6 nitrogen and oxygen atoms in total. The van der Waals surface area contributed by atoms with Gasteiger partial charge >= 0.3 is 0 Å². The number of hydrogen-bond acceptors (Lipinski definition) is 5. The van der Waals surface area contributed by atoms with Crippen molar-refractivity contribution < 1.29 is 14.4 Å². The summed E-state index contributed by atoms with van der Waals surface area (Å²) >= 11 is 1.30. The second-order valence-electron chi connectivity index (χ2n) is 5.87. The Morgan fingerprint density at radius 1 is 1.00 bits per heavy atom. The lowest BCUT2D eigenvalue weighted by atomic mass is 10.1. The van der Waals surface area contributed by atoms with E-state index in [1.54, 1.807) is 7.05 Å². The normalized spacial score (nSPS) is 10.3. The van der Waals surface area contributed by atoms with Crippen LogP contribution in [0.1, 0.15) is 38.5 Å². The number of thiazole rings is 1. The third kappa shape index (κ3) is 6.40. The van der Waals surface area contributed by atoms with Crippen LogP contribution in [0.3, 0.4) is 0 Å². The molecule has 1 heterocycles. The van der Waals surface area contributed by atoms with E-state index in [9.17, 15) is 14.4 Å². The van der Waals surface area contributed by atoms with Gasteiger partial charge in [-0.1, -0.05) is 43.2 Å². The highest BCUT2D eigenvalue weighted by molar-refractivity contribution is 7.14. The van der Waals surface area contributed by atoms with Crippen molar-refractivity contribution in [1.82, 2.24) is 10.3 Å². The van der Waals surface area contributed by atoms with E-state index >= 15 is 0 Å². The molecule has 0 spiro atoms. The van der Waals surface area contributed by atoms with Crippen molar-refractivity contribution in [3.63, 3.8) is 0 Å². The first-order valence-corrected chi connectivity index (χ1v) is 9.54. The molecule has 1 aromatic carbocycles. The van der Waals surface area contributed by atoms with Crippen molar-refractivity contribution in [2.45, 2.75) is 38.5 Å². The van der Waals surface area contributed by atoms with Gasteiger partial charge in [-0.2, -0.15) is 0 Å². The highest BCUT2D eigenvalue weighted by Crippen LogP contribution is 2.24. The van der Waals surface area contributed by atoms with E-state index in [4.69, 9.17) is 0 Å². The van der Waals surface area contributed by atoms with Gasteiger partial charge in [0.2, 0.25) is 11.7 Å². The summed E-state index contributed by atoms with van der Waals surface area (Å²) in [4.78, 5) is 39.3. The summed E-state index contributed by atoms with van der Waals surface area (Å²) < 4.78 is 0. The van der Waals surface area contributed by atoms with Crippen LogP contribution >= 0.6 is 11.3 Å². The molecule has 0 bridgehead atoms. The molecule has 0 aliphatic carbocycles. The van der Waals surface area contributed by atoms with Gasteiger partial charge in [-0.15, -0.1) is 11.3 Å². The van der Waals surface area contributed by atoms with Crippen LogP contribution in [-0.4, -0.2) is 29.6 Å². The number of unbranched alkanes of at least 4 members (excludes halogenated alkanes) is 3. The summed E-state index contributed by atoms with van der Waals surface area (Å²) in [5.74, 6) is -1.03. The number of carbonyl (C=O) groups excluding carboxylic acids is 3. The number of anilines is 1. The van der Waals surface area contributed by atoms with Gasteiger partial charge in [0.05, 0.1) is 5.69 Å². The van der Waals surface area contributed by atoms with Gasteiger partial charge in [0.1, 0.15) is 0 Å². The minimum absolute atomic E-state index is 0.0266. The number of aromatic nitrogens is 1. The molecule has 26 heavy (non-hydrogen) atoms. The maximum atomic E-state index is 12.0. The van der Waals surface area contributed by atoms with Crippen molar-refractivity contribution in [2.24, 2.45) is 0 Å². The number of benzene rings is 1. The fourth-order valence-electron chi connectivity index (χ4n) is 2.40. The third-order valence-electron chi connectivity index (χ3n) is 3.88. The predicted molar refractivity (Wildman–Crippen MR) is 103 cm³/mol. The fraction of sp³-hybridized carbons (Fsp3) is 0.368. The average molecular weight is 373 g/mol. The maximum Gasteiger partial charge on any atom is 0.293 e. The van der Waals surface area contributed by atoms with Gasteiger partial charge < -0.3 is 5.32 Å². The van der Waals surface area contributed by atoms with Crippen molar-refractivity contribution in [3.8, 4) is 11.3 Å². The second kappa shape index (κ2) is 10.5. The smallest absolute Gasteiger partial charge is 0.293 e. The van der Waals surface area contributed by atoms with Crippen LogP contribution in [0.5, 0.6) is 0 Å². The molecule has 0 unspecified atom stereocenters. The topological polar surface area (TPSA) is 88.2 Å². The minimum Gasteiger partial charge on any atom is -0.359 e. The van der Waals surface area contributed by atoms with E-state index in [2.05, 4.69) is 15.6 Å². The lowest BCUT2D eigenvalue weighted by Crippen LogP contribution is -2.22. The number of Topliss-reactive ketones (excluding diaryl/α,β-unsaturated/α-hetero) is 1. The van der Waals surface area contributed by atoms with Crippen molar-refractivity contribution >= 4 is 34.1 Å². The molecule has 138 valence electrons. The quantitative estimate of drug-likeness (QED) is 0.493. The highest BCUT2D eigenvalue weighted by atomic mass is 32.1. The van der Waals surface area contributed by atoms with E-state index in [-0.39, 0.29) is 12.3 Å². The fourth-order valence-corrected chi connectivity index (χ4v) is 3.12. The molecule has 0 fully saturated rings. The van der Waals surface area contributed by atoms with Gasteiger partial charge in [-0.3, -0.25) is 19.7 Å². The Labute approximate surface area is 157 Å². The van der Waals surface area contributed by atoms with Gasteiger partial charge in [0.15, 0.2) is 5.13 Å². The lowest BCUT2D eigenvalue weighted by molar-refractivity contribution is -0.134. The van der Waals surface area contributed by atoms with Gasteiger partial charge in [-0.05, 0) is 12.8 Å². The van der Waals surface area contributed by atoms with Crippen LogP contribution in [0, 0.1) is 0 Å². The first-order valence-electron chi connectivity index (χ1n) is 8.66. The van der Waals surface area contributed by atoms with Gasteiger partial charge in [0, 0.05) is 30.8 Å². The van der Waals surface area contributed by atoms with E-state index in [0.717, 1.165) is 30.5 Å². The zero-order valence-corrected chi connectivity index (χ0v) is 15.6. The highest BCUT2D eigenvalue weighted by Gasteiger charge is 2.15. The van der Waals surface area contributed by atoms with E-state index < -0.39 is 11.7 Å². The van der Waals surface area contributed by atoms with Crippen molar-refractivity contribution in [1.29, 1.82) is 0 Å². The predicted octanol–water partition coefficient (Wildman–Crippen LogP) is 3.40. The van der Waals surface area contributed by atoms with Crippen LogP contribution in [-0.2, 0) is 14.4 Å². The molecule has 2 N–H and O–H groups in total.